The number of thiophene rings is 1. The van der Waals surface area contributed by atoms with Crippen molar-refractivity contribution >= 4 is 39.2 Å². The van der Waals surface area contributed by atoms with E-state index in [-0.39, 0.29) is 11.8 Å². The first-order valence-corrected chi connectivity index (χ1v) is 9.67. The zero-order chi connectivity index (χ0) is 19.0. The number of nitrogens with zero attached hydrogens (tertiary/aromatic N) is 3. The van der Waals surface area contributed by atoms with Crippen molar-refractivity contribution in [3.05, 3.63) is 46.3 Å². The molecule has 1 fully saturated rings. The van der Waals surface area contributed by atoms with Gasteiger partial charge in [-0.05, 0) is 31.7 Å². The number of hydrogen-bond acceptors (Lipinski definition) is 5. The average Bonchev–Trinajstić information content (AvgIpc) is 3.24. The number of nitrogens with one attached hydrogen (secondary N) is 2. The van der Waals surface area contributed by atoms with Crippen LogP contribution in [0.15, 0.2) is 30.3 Å². The third-order valence-electron chi connectivity index (χ3n) is 4.88. The van der Waals surface area contributed by atoms with Crippen molar-refractivity contribution in [2.75, 3.05) is 38.5 Å². The van der Waals surface area contributed by atoms with Gasteiger partial charge in [-0.25, -0.2) is 0 Å². The number of hydrogen-bond donors (Lipinski definition) is 2. The summed E-state index contributed by atoms with van der Waals surface area (Å²) in [5.74, 6) is 0.278. The van der Waals surface area contributed by atoms with Crippen LogP contribution in [0.25, 0.3) is 10.2 Å². The van der Waals surface area contributed by atoms with E-state index >= 15 is 0 Å². The van der Waals surface area contributed by atoms with Crippen molar-refractivity contribution in [3.63, 3.8) is 0 Å². The van der Waals surface area contributed by atoms with Crippen molar-refractivity contribution in [1.29, 1.82) is 0 Å². The zero-order valence-electron chi connectivity index (χ0n) is 15.3. The van der Waals surface area contributed by atoms with Gasteiger partial charge in [0.2, 0.25) is 0 Å². The molecular weight excluding hydrogens is 362 g/mol. The Bertz CT molecular complexity index is 1000. The van der Waals surface area contributed by atoms with Crippen LogP contribution >= 0.6 is 11.3 Å². The molecule has 3 heterocycles. The van der Waals surface area contributed by atoms with Gasteiger partial charge in [0, 0.05) is 31.7 Å². The number of fused-ring (bicyclic) bond motifs is 1. The maximum Gasteiger partial charge on any atom is 0.264 e. The average molecular weight is 383 g/mol. The Morgan fingerprint density at radius 2 is 1.93 bits per heavy atom. The number of aromatic amines is 1. The fraction of sp³-hybridized carbons (Fsp3) is 0.316. The molecule has 27 heavy (non-hydrogen) atoms. The highest BCUT2D eigenvalue weighted by Crippen LogP contribution is 2.30. The number of amides is 2. The lowest BCUT2D eigenvalue weighted by Gasteiger charge is -2.32. The Labute approximate surface area is 161 Å². The summed E-state index contributed by atoms with van der Waals surface area (Å²) in [5, 5.41) is 10.7. The predicted molar refractivity (Wildman–Crippen MR) is 107 cm³/mol. The monoisotopic (exact) mass is 383 g/mol. The van der Waals surface area contributed by atoms with Crippen LogP contribution in [0.3, 0.4) is 0 Å². The Kier molecular flexibility index (Phi) is 4.67. The van der Waals surface area contributed by atoms with E-state index in [0.29, 0.717) is 16.3 Å². The number of carbonyl (C=O) groups excluding carboxylic acids is 2. The molecule has 0 aliphatic carbocycles. The highest BCUT2D eigenvalue weighted by Gasteiger charge is 2.23. The van der Waals surface area contributed by atoms with Gasteiger partial charge in [0.25, 0.3) is 11.8 Å². The smallest absolute Gasteiger partial charge is 0.264 e. The molecule has 2 N–H and O–H groups in total. The fourth-order valence-electron chi connectivity index (χ4n) is 3.19. The molecule has 140 valence electrons. The zero-order valence-corrected chi connectivity index (χ0v) is 16.1. The summed E-state index contributed by atoms with van der Waals surface area (Å²) in [6.07, 6.45) is 0. The van der Waals surface area contributed by atoms with E-state index in [2.05, 4.69) is 27.5 Å². The van der Waals surface area contributed by atoms with E-state index < -0.39 is 0 Å². The van der Waals surface area contributed by atoms with Gasteiger partial charge in [-0.3, -0.25) is 14.7 Å². The summed E-state index contributed by atoms with van der Waals surface area (Å²) in [4.78, 5) is 30.9. The summed E-state index contributed by atoms with van der Waals surface area (Å²) < 4.78 is 0. The highest BCUT2D eigenvalue weighted by molar-refractivity contribution is 7.20. The molecule has 0 spiro atoms. The summed E-state index contributed by atoms with van der Waals surface area (Å²) in [6, 6.07) is 9.22. The van der Waals surface area contributed by atoms with E-state index in [0.717, 1.165) is 42.0 Å². The van der Waals surface area contributed by atoms with Crippen LogP contribution in [0, 0.1) is 6.92 Å². The third-order valence-corrected chi connectivity index (χ3v) is 5.91. The van der Waals surface area contributed by atoms with Crippen molar-refractivity contribution in [2.45, 2.75) is 6.92 Å². The van der Waals surface area contributed by atoms with Crippen molar-refractivity contribution in [2.24, 2.45) is 0 Å². The van der Waals surface area contributed by atoms with Crippen LogP contribution < -0.4 is 5.32 Å². The molecule has 2 aromatic heterocycles. The summed E-state index contributed by atoms with van der Waals surface area (Å²) in [7, 11) is 2.06. The lowest BCUT2D eigenvalue weighted by Crippen LogP contribution is -2.46. The number of likely N-dealkylation sites (N-methyl/N-ethyl adjacent to an activating group) is 1. The molecule has 0 unspecified atom stereocenters. The van der Waals surface area contributed by atoms with Gasteiger partial charge < -0.3 is 15.1 Å². The number of aromatic nitrogens is 2. The lowest BCUT2D eigenvalue weighted by atomic mass is 10.1. The maximum absolute atomic E-state index is 12.8. The quantitative estimate of drug-likeness (QED) is 0.728. The molecule has 4 rings (SSSR count). The second kappa shape index (κ2) is 7.13. The predicted octanol–water partition coefficient (Wildman–Crippen LogP) is 2.57. The molecule has 7 nitrogen and oxygen atoms in total. The molecule has 1 saturated heterocycles. The molecule has 0 bridgehead atoms. The number of aryl methyl sites for hydroxylation is 1. The maximum atomic E-state index is 12.8. The Hall–Kier alpha value is -2.71. The molecule has 3 aromatic rings. The van der Waals surface area contributed by atoms with Gasteiger partial charge in [-0.15, -0.1) is 11.3 Å². The van der Waals surface area contributed by atoms with Gasteiger partial charge in [-0.2, -0.15) is 5.10 Å². The molecule has 0 radical (unpaired) electrons. The summed E-state index contributed by atoms with van der Waals surface area (Å²) >= 11 is 1.37. The summed E-state index contributed by atoms with van der Waals surface area (Å²) in [6.45, 7) is 5.13. The minimum atomic E-state index is -0.209. The number of anilines is 1. The Balaban J connectivity index is 1.55. The molecule has 0 saturated carbocycles. The topological polar surface area (TPSA) is 81.3 Å². The molecular formula is C19H21N5O2S. The summed E-state index contributed by atoms with van der Waals surface area (Å²) in [5.41, 5.74) is 1.51. The van der Waals surface area contributed by atoms with E-state index in [1.807, 2.05) is 36.1 Å². The molecule has 8 heteroatoms. The van der Waals surface area contributed by atoms with E-state index in [1.54, 1.807) is 6.07 Å². The number of carbonyl (C=O) groups is 2. The van der Waals surface area contributed by atoms with Crippen molar-refractivity contribution in [3.8, 4) is 0 Å². The van der Waals surface area contributed by atoms with E-state index in [9.17, 15) is 9.59 Å². The first-order valence-electron chi connectivity index (χ1n) is 8.85. The van der Waals surface area contributed by atoms with E-state index in [1.165, 1.54) is 11.3 Å². The van der Waals surface area contributed by atoms with E-state index in [4.69, 9.17) is 0 Å². The van der Waals surface area contributed by atoms with Crippen LogP contribution in [0.2, 0.25) is 0 Å². The second-order valence-corrected chi connectivity index (χ2v) is 7.84. The van der Waals surface area contributed by atoms with Gasteiger partial charge in [0.15, 0.2) is 5.82 Å². The van der Waals surface area contributed by atoms with Crippen LogP contribution in [-0.2, 0) is 0 Å². The SMILES string of the molecule is Cc1ccccc1C(=O)Nc1n[nH]c2sc(C(=O)N3CCN(C)CC3)cc12. The fourth-order valence-corrected chi connectivity index (χ4v) is 4.16. The van der Waals surface area contributed by atoms with Crippen LogP contribution in [0.1, 0.15) is 25.6 Å². The van der Waals surface area contributed by atoms with Gasteiger partial charge in [0.05, 0.1) is 10.3 Å². The second-order valence-electron chi connectivity index (χ2n) is 6.79. The highest BCUT2D eigenvalue weighted by atomic mass is 32.1. The molecule has 1 aromatic carbocycles. The van der Waals surface area contributed by atoms with Gasteiger partial charge in [-0.1, -0.05) is 18.2 Å². The minimum Gasteiger partial charge on any atom is -0.335 e. The number of H-pyrrole nitrogens is 1. The minimum absolute atomic E-state index is 0.0360. The standard InChI is InChI=1S/C19H21N5O2S/c1-12-5-3-4-6-13(12)17(25)20-16-14-11-15(27-18(14)22-21-16)19(26)24-9-7-23(2)8-10-24/h3-6,11H,7-10H2,1-2H3,(H2,20,21,22,25). The third kappa shape index (κ3) is 3.45. The first kappa shape index (κ1) is 17.7. The van der Waals surface area contributed by atoms with Crippen molar-refractivity contribution < 1.29 is 9.59 Å². The van der Waals surface area contributed by atoms with Crippen LogP contribution in [0.4, 0.5) is 5.82 Å². The van der Waals surface area contributed by atoms with Crippen molar-refractivity contribution in [1.82, 2.24) is 20.0 Å². The lowest BCUT2D eigenvalue weighted by molar-refractivity contribution is 0.0669. The Morgan fingerprint density at radius 3 is 2.67 bits per heavy atom. The molecule has 2 amide bonds. The Morgan fingerprint density at radius 1 is 1.19 bits per heavy atom. The molecule has 0 atom stereocenters. The van der Waals surface area contributed by atoms with Crippen LogP contribution in [-0.4, -0.2) is 65.0 Å². The number of rotatable bonds is 3. The normalized spacial score (nSPS) is 15.3. The van der Waals surface area contributed by atoms with Gasteiger partial charge >= 0.3 is 0 Å². The van der Waals surface area contributed by atoms with Gasteiger partial charge in [0.1, 0.15) is 4.83 Å². The number of benzene rings is 1. The first-order chi connectivity index (χ1) is 13.0. The largest absolute Gasteiger partial charge is 0.335 e. The number of piperazine rings is 1. The molecule has 1 aliphatic rings. The molecule has 1 aliphatic heterocycles. The van der Waals surface area contributed by atoms with Crippen LogP contribution in [0.5, 0.6) is 0 Å².